The SMILES string of the molecule is CC(C)(O)CON1C(C)(C)CC(C(CCCCCCCC(=O)[O-])(C(=O)[O-])C2CC(C)(C)N(OCC(C)(C)O)C(C)(C)C2)CC1(C)C. The largest absolute Gasteiger partial charge is 0.550 e. The van der Waals surface area contributed by atoms with E-state index in [1.165, 1.54) is 0 Å². The van der Waals surface area contributed by atoms with Crippen molar-refractivity contribution in [3.8, 4) is 0 Å². The van der Waals surface area contributed by atoms with Crippen LogP contribution in [0.1, 0.15) is 154 Å². The maximum atomic E-state index is 13.8. The van der Waals surface area contributed by atoms with Crippen LogP contribution in [0, 0.1) is 17.3 Å². The first-order chi connectivity index (χ1) is 20.7. The summed E-state index contributed by atoms with van der Waals surface area (Å²) in [4.78, 5) is 37.2. The Labute approximate surface area is 279 Å². The molecule has 0 bridgehead atoms. The summed E-state index contributed by atoms with van der Waals surface area (Å²) in [5.74, 6) is -2.46. The number of rotatable bonds is 17. The molecule has 2 saturated heterocycles. The van der Waals surface area contributed by atoms with E-state index < -0.39 is 50.7 Å². The summed E-state index contributed by atoms with van der Waals surface area (Å²) in [7, 11) is 0. The Hall–Kier alpha value is -1.30. The van der Waals surface area contributed by atoms with Crippen LogP contribution in [0.2, 0.25) is 0 Å². The Morgan fingerprint density at radius 1 is 0.652 bits per heavy atom. The van der Waals surface area contributed by atoms with E-state index in [1.807, 2.05) is 10.1 Å². The van der Waals surface area contributed by atoms with Crippen LogP contribution < -0.4 is 10.2 Å². The zero-order valence-corrected chi connectivity index (χ0v) is 31.1. The molecular weight excluding hydrogens is 588 g/mol. The molecule has 0 aromatic rings. The number of carbonyl (C=O) groups is 2. The lowest BCUT2D eigenvalue weighted by molar-refractivity contribution is -0.346. The molecule has 270 valence electrons. The molecule has 46 heavy (non-hydrogen) atoms. The smallest absolute Gasteiger partial charge is 0.0967 e. The topological polar surface area (TPSA) is 146 Å². The highest BCUT2D eigenvalue weighted by atomic mass is 16.7. The number of carboxylic acid groups (broad SMARTS) is 2. The highest BCUT2D eigenvalue weighted by molar-refractivity contribution is 5.73. The van der Waals surface area contributed by atoms with E-state index in [2.05, 4.69) is 55.4 Å². The van der Waals surface area contributed by atoms with Gasteiger partial charge in [-0.25, -0.2) is 0 Å². The molecule has 0 amide bonds. The maximum Gasteiger partial charge on any atom is 0.0967 e. The molecule has 10 heteroatoms. The zero-order valence-electron chi connectivity index (χ0n) is 31.1. The van der Waals surface area contributed by atoms with Gasteiger partial charge in [0.05, 0.1) is 24.4 Å². The molecule has 0 aromatic carbocycles. The van der Waals surface area contributed by atoms with Crippen molar-refractivity contribution in [2.45, 2.75) is 187 Å². The fourth-order valence-corrected chi connectivity index (χ4v) is 8.79. The second-order valence-corrected chi connectivity index (χ2v) is 18.2. The first-order valence-electron chi connectivity index (χ1n) is 17.4. The molecule has 0 atom stereocenters. The van der Waals surface area contributed by atoms with E-state index in [9.17, 15) is 30.0 Å². The van der Waals surface area contributed by atoms with Crippen molar-refractivity contribution in [1.82, 2.24) is 10.1 Å². The standard InChI is InChI=1S/C36H68N2O8/c1-30(2)20-26(21-31(3,4)37(30)45-24-34(9,10)43)36(29(41)42,19-17-15-13-14-16-18-28(39)40)27-22-32(5,6)38(33(7,8)23-27)46-25-35(11,12)44/h26-27,43-44H,13-25H2,1-12H3,(H,39,40)(H,41,42)/p-2. The van der Waals surface area contributed by atoms with Crippen LogP contribution in [0.25, 0.3) is 0 Å². The van der Waals surface area contributed by atoms with Gasteiger partial charge in [-0.2, -0.15) is 10.1 Å². The van der Waals surface area contributed by atoms with E-state index in [0.717, 1.165) is 19.3 Å². The van der Waals surface area contributed by atoms with E-state index in [0.29, 0.717) is 44.9 Å². The van der Waals surface area contributed by atoms with Gasteiger partial charge in [0.15, 0.2) is 0 Å². The molecular formula is C36H66N2O8-2. The quantitative estimate of drug-likeness (QED) is 0.220. The number of unbranched alkanes of at least 4 members (excludes halogenated alkanes) is 4. The molecule has 2 aliphatic heterocycles. The lowest BCUT2D eigenvalue weighted by Crippen LogP contribution is -2.68. The molecule has 2 rings (SSSR count). The summed E-state index contributed by atoms with van der Waals surface area (Å²) in [6, 6.07) is 0. The predicted octanol–water partition coefficient (Wildman–Crippen LogP) is 4.15. The molecule has 0 aliphatic carbocycles. The molecule has 10 nitrogen and oxygen atoms in total. The van der Waals surface area contributed by atoms with Gasteiger partial charge in [-0.15, -0.1) is 0 Å². The molecule has 2 fully saturated rings. The van der Waals surface area contributed by atoms with Crippen molar-refractivity contribution in [3.63, 3.8) is 0 Å². The normalized spacial score (nSPS) is 23.0. The van der Waals surface area contributed by atoms with Crippen LogP contribution in [0.5, 0.6) is 0 Å². The van der Waals surface area contributed by atoms with Crippen LogP contribution >= 0.6 is 0 Å². The van der Waals surface area contributed by atoms with Gasteiger partial charge in [-0.05, 0) is 140 Å². The summed E-state index contributed by atoms with van der Waals surface area (Å²) < 4.78 is 0. The van der Waals surface area contributed by atoms with E-state index in [4.69, 9.17) is 9.68 Å². The number of aliphatic carboxylic acids is 2. The third-order valence-corrected chi connectivity index (χ3v) is 10.1. The summed E-state index contributed by atoms with van der Waals surface area (Å²) in [6.45, 7) is 23.8. The Morgan fingerprint density at radius 2 is 0.978 bits per heavy atom. The molecule has 0 saturated carbocycles. The Balaban J connectivity index is 2.51. The molecule has 0 spiro atoms. The molecule has 2 aliphatic rings. The molecule has 0 radical (unpaired) electrons. The monoisotopic (exact) mass is 654 g/mol. The van der Waals surface area contributed by atoms with Crippen LogP contribution in [0.4, 0.5) is 0 Å². The van der Waals surface area contributed by atoms with Crippen LogP contribution in [0.15, 0.2) is 0 Å². The van der Waals surface area contributed by atoms with Gasteiger partial charge in [0.1, 0.15) is 0 Å². The van der Waals surface area contributed by atoms with Gasteiger partial charge < -0.3 is 30.0 Å². The number of hydroxylamine groups is 4. The van der Waals surface area contributed by atoms with E-state index in [-0.39, 0.29) is 31.5 Å². The highest BCUT2D eigenvalue weighted by Crippen LogP contribution is 2.58. The number of carboxylic acids is 2. The first-order valence-corrected chi connectivity index (χ1v) is 17.4. The summed E-state index contributed by atoms with van der Waals surface area (Å²) in [5, 5.41) is 49.5. The second-order valence-electron chi connectivity index (χ2n) is 18.2. The average Bonchev–Trinajstić information content (AvgIpc) is 2.80. The number of nitrogens with zero attached hydrogens (tertiary/aromatic N) is 2. The lowest BCUT2D eigenvalue weighted by atomic mass is 9.52. The Bertz CT molecular complexity index is 930. The number of aliphatic hydroxyl groups is 2. The Morgan fingerprint density at radius 3 is 1.28 bits per heavy atom. The minimum absolute atomic E-state index is 0.0412. The summed E-state index contributed by atoms with van der Waals surface area (Å²) in [6.07, 6.45) is 6.50. The van der Waals surface area contributed by atoms with E-state index in [1.54, 1.807) is 27.7 Å². The van der Waals surface area contributed by atoms with Crippen molar-refractivity contribution >= 4 is 11.9 Å². The molecule has 2 heterocycles. The number of piperidine rings is 2. The summed E-state index contributed by atoms with van der Waals surface area (Å²) >= 11 is 0. The number of carbonyl (C=O) groups excluding carboxylic acids is 2. The van der Waals surface area contributed by atoms with E-state index >= 15 is 0 Å². The number of hydrogen-bond acceptors (Lipinski definition) is 10. The van der Waals surface area contributed by atoms with Gasteiger partial charge in [0.2, 0.25) is 0 Å². The lowest BCUT2D eigenvalue weighted by Gasteiger charge is -2.63. The van der Waals surface area contributed by atoms with Crippen molar-refractivity contribution < 1.29 is 39.7 Å². The first kappa shape index (κ1) is 40.9. The highest BCUT2D eigenvalue weighted by Gasteiger charge is 2.59. The van der Waals surface area contributed by atoms with Gasteiger partial charge in [0.25, 0.3) is 0 Å². The zero-order chi connectivity index (χ0) is 35.6. The predicted molar refractivity (Wildman–Crippen MR) is 175 cm³/mol. The van der Waals surface area contributed by atoms with Crippen LogP contribution in [-0.2, 0) is 19.3 Å². The van der Waals surface area contributed by atoms with Crippen molar-refractivity contribution in [1.29, 1.82) is 0 Å². The maximum absolute atomic E-state index is 13.8. The van der Waals surface area contributed by atoms with Gasteiger partial charge in [0, 0.05) is 39.5 Å². The summed E-state index contributed by atoms with van der Waals surface area (Å²) in [5.41, 5.74) is -5.25. The number of hydrogen-bond donors (Lipinski definition) is 2. The third kappa shape index (κ3) is 10.6. The molecule has 0 aromatic heterocycles. The second kappa shape index (κ2) is 14.7. The van der Waals surface area contributed by atoms with Crippen molar-refractivity contribution in [3.05, 3.63) is 0 Å². The van der Waals surface area contributed by atoms with Gasteiger partial charge in [-0.3, -0.25) is 9.68 Å². The van der Waals surface area contributed by atoms with Crippen LogP contribution in [0.3, 0.4) is 0 Å². The minimum Gasteiger partial charge on any atom is -0.550 e. The van der Waals surface area contributed by atoms with Crippen LogP contribution in [-0.4, -0.2) is 78.8 Å². The van der Waals surface area contributed by atoms with Crippen molar-refractivity contribution in [2.75, 3.05) is 13.2 Å². The fraction of sp³-hybridized carbons (Fsp3) is 0.944. The molecule has 0 unspecified atom stereocenters. The van der Waals surface area contributed by atoms with Crippen molar-refractivity contribution in [2.24, 2.45) is 17.3 Å². The average molecular weight is 655 g/mol. The molecule has 2 N–H and O–H groups in total. The fourth-order valence-electron chi connectivity index (χ4n) is 8.79. The van der Waals surface area contributed by atoms with Gasteiger partial charge in [-0.1, -0.05) is 25.7 Å². The van der Waals surface area contributed by atoms with Gasteiger partial charge >= 0.3 is 0 Å². The minimum atomic E-state index is -1.13. The third-order valence-electron chi connectivity index (χ3n) is 10.1. The Kier molecular flexibility index (Phi) is 13.0.